The summed E-state index contributed by atoms with van der Waals surface area (Å²) in [6, 6.07) is 9.51. The highest BCUT2D eigenvalue weighted by Gasteiger charge is 2.30. The van der Waals surface area contributed by atoms with E-state index in [0.717, 1.165) is 34.3 Å². The first-order valence-electron chi connectivity index (χ1n) is 9.93. The Kier molecular flexibility index (Phi) is 4.86. The Bertz CT molecular complexity index is 1160. The largest absolute Gasteiger partial charge is 0.337 e. The Balaban J connectivity index is 1.67. The number of carbonyl (C=O) groups is 1. The molecule has 1 aliphatic heterocycles. The molecule has 0 radical (unpaired) electrons. The van der Waals surface area contributed by atoms with Crippen LogP contribution in [0.5, 0.6) is 0 Å². The van der Waals surface area contributed by atoms with Crippen molar-refractivity contribution in [3.8, 4) is 0 Å². The van der Waals surface area contributed by atoms with E-state index in [2.05, 4.69) is 29.5 Å². The van der Waals surface area contributed by atoms with Gasteiger partial charge in [-0.25, -0.2) is 9.78 Å². The molecule has 1 fully saturated rings. The van der Waals surface area contributed by atoms with E-state index < -0.39 is 11.2 Å². The van der Waals surface area contributed by atoms with Crippen LogP contribution in [0.1, 0.15) is 55.0 Å². The zero-order valence-corrected chi connectivity index (χ0v) is 16.9. The minimum atomic E-state index is -0.587. The fourth-order valence-electron chi connectivity index (χ4n) is 4.11. The number of aromatic amines is 1. The molecular weight excluding hydrogens is 370 g/mol. The molecule has 0 saturated carbocycles. The lowest BCUT2D eigenvalue weighted by molar-refractivity contribution is 0.0696. The molecule has 3 heterocycles. The van der Waals surface area contributed by atoms with Crippen LogP contribution in [-0.2, 0) is 7.05 Å². The molecule has 3 aromatic rings. The van der Waals surface area contributed by atoms with Crippen molar-refractivity contribution in [1.29, 1.82) is 0 Å². The van der Waals surface area contributed by atoms with Crippen molar-refractivity contribution in [2.45, 2.75) is 38.6 Å². The highest BCUT2D eigenvalue weighted by Crippen LogP contribution is 2.31. The van der Waals surface area contributed by atoms with Gasteiger partial charge in [0.1, 0.15) is 11.5 Å². The first-order valence-corrected chi connectivity index (χ1v) is 9.93. The van der Waals surface area contributed by atoms with Crippen molar-refractivity contribution >= 4 is 16.9 Å². The van der Waals surface area contributed by atoms with Gasteiger partial charge in [-0.3, -0.25) is 14.2 Å². The number of H-pyrrole nitrogens is 1. The summed E-state index contributed by atoms with van der Waals surface area (Å²) in [4.78, 5) is 45.9. The predicted molar refractivity (Wildman–Crippen MR) is 110 cm³/mol. The van der Waals surface area contributed by atoms with Crippen molar-refractivity contribution in [3.05, 3.63) is 62.7 Å². The highest BCUT2D eigenvalue weighted by molar-refractivity contribution is 5.92. The number of likely N-dealkylation sites (tertiary alicyclic amines) is 1. The third-order valence-electron chi connectivity index (χ3n) is 5.59. The number of carbonyl (C=O) groups excluding carboxylic acids is 1. The Labute approximate surface area is 167 Å². The Morgan fingerprint density at radius 3 is 2.72 bits per heavy atom. The van der Waals surface area contributed by atoms with E-state index >= 15 is 0 Å². The summed E-state index contributed by atoms with van der Waals surface area (Å²) in [5.74, 6) is 0.758. The van der Waals surface area contributed by atoms with Gasteiger partial charge in [-0.15, -0.1) is 0 Å². The van der Waals surface area contributed by atoms with E-state index in [4.69, 9.17) is 4.98 Å². The smallest absolute Gasteiger partial charge is 0.328 e. The van der Waals surface area contributed by atoms with E-state index in [1.165, 1.54) is 13.1 Å². The Hall–Kier alpha value is -3.16. The maximum Gasteiger partial charge on any atom is 0.328 e. The van der Waals surface area contributed by atoms with Gasteiger partial charge in [-0.05, 0) is 38.8 Å². The van der Waals surface area contributed by atoms with Gasteiger partial charge >= 0.3 is 5.69 Å². The summed E-state index contributed by atoms with van der Waals surface area (Å²) in [5, 5.41) is 0. The summed E-state index contributed by atoms with van der Waals surface area (Å²) in [6.07, 6.45) is 1.78. The molecule has 1 aliphatic rings. The molecular formula is C21H25N5O3. The fourth-order valence-corrected chi connectivity index (χ4v) is 4.11. The number of para-hydroxylation sites is 2. The molecule has 0 bridgehead atoms. The number of nitrogens with zero attached hydrogens (tertiary/aromatic N) is 4. The van der Waals surface area contributed by atoms with Gasteiger partial charge in [0.25, 0.3) is 11.5 Å². The van der Waals surface area contributed by atoms with Gasteiger partial charge in [0.15, 0.2) is 0 Å². The maximum absolute atomic E-state index is 13.0. The molecule has 29 heavy (non-hydrogen) atoms. The second-order valence-corrected chi connectivity index (χ2v) is 7.90. The number of amides is 1. The minimum Gasteiger partial charge on any atom is -0.337 e. The van der Waals surface area contributed by atoms with Gasteiger partial charge in [0.05, 0.1) is 11.0 Å². The predicted octanol–water partition coefficient (Wildman–Crippen LogP) is 2.02. The van der Waals surface area contributed by atoms with Gasteiger partial charge in [0.2, 0.25) is 0 Å². The number of hydrogen-bond donors (Lipinski definition) is 1. The van der Waals surface area contributed by atoms with E-state index in [0.29, 0.717) is 13.1 Å². The number of fused-ring (bicyclic) bond motifs is 1. The van der Waals surface area contributed by atoms with Gasteiger partial charge in [-0.2, -0.15) is 0 Å². The van der Waals surface area contributed by atoms with Crippen molar-refractivity contribution in [2.24, 2.45) is 7.05 Å². The zero-order valence-electron chi connectivity index (χ0n) is 16.9. The van der Waals surface area contributed by atoms with E-state index in [9.17, 15) is 14.4 Å². The third kappa shape index (κ3) is 3.39. The molecule has 1 aromatic carbocycles. The number of imidazole rings is 1. The van der Waals surface area contributed by atoms with E-state index in [1.54, 1.807) is 4.90 Å². The molecule has 1 amide bonds. The van der Waals surface area contributed by atoms with Crippen LogP contribution in [0.25, 0.3) is 11.0 Å². The molecule has 0 spiro atoms. The third-order valence-corrected chi connectivity index (χ3v) is 5.59. The second kappa shape index (κ2) is 7.35. The topological polar surface area (TPSA) is 93.0 Å². The zero-order chi connectivity index (χ0) is 20.7. The van der Waals surface area contributed by atoms with Crippen LogP contribution in [0, 0.1) is 0 Å². The standard InChI is InChI=1S/C21H25N5O3/c1-13(2)26-17-9-5-4-8-15(17)22-19(26)14-7-6-10-25(12-14)20(28)16-11-18(27)24(3)21(29)23-16/h4-5,8-9,11,13-14H,6-7,10,12H2,1-3H3,(H,23,29). The molecule has 8 heteroatoms. The number of nitrogens with one attached hydrogen (secondary N) is 1. The molecule has 2 aromatic heterocycles. The van der Waals surface area contributed by atoms with Crippen LogP contribution in [-0.4, -0.2) is 43.0 Å². The molecule has 4 rings (SSSR count). The van der Waals surface area contributed by atoms with Crippen LogP contribution < -0.4 is 11.2 Å². The van der Waals surface area contributed by atoms with Crippen LogP contribution in [0.3, 0.4) is 0 Å². The first-order chi connectivity index (χ1) is 13.9. The molecule has 1 N–H and O–H groups in total. The monoisotopic (exact) mass is 395 g/mol. The van der Waals surface area contributed by atoms with Gasteiger partial charge in [-0.1, -0.05) is 12.1 Å². The Morgan fingerprint density at radius 1 is 1.24 bits per heavy atom. The van der Waals surface area contributed by atoms with Crippen LogP contribution >= 0.6 is 0 Å². The average molecular weight is 395 g/mol. The fraction of sp³-hybridized carbons (Fsp3) is 0.429. The summed E-state index contributed by atoms with van der Waals surface area (Å²) >= 11 is 0. The molecule has 1 unspecified atom stereocenters. The normalized spacial score (nSPS) is 17.2. The van der Waals surface area contributed by atoms with Gasteiger partial charge in [0, 0.05) is 38.2 Å². The number of benzene rings is 1. The van der Waals surface area contributed by atoms with Crippen molar-refractivity contribution in [2.75, 3.05) is 13.1 Å². The van der Waals surface area contributed by atoms with Crippen LogP contribution in [0.2, 0.25) is 0 Å². The lowest BCUT2D eigenvalue weighted by Gasteiger charge is -2.33. The molecule has 0 aliphatic carbocycles. The Morgan fingerprint density at radius 2 is 2.00 bits per heavy atom. The molecule has 1 atom stereocenters. The molecule has 152 valence electrons. The highest BCUT2D eigenvalue weighted by atomic mass is 16.2. The van der Waals surface area contributed by atoms with Crippen LogP contribution in [0.4, 0.5) is 0 Å². The summed E-state index contributed by atoms with van der Waals surface area (Å²) in [7, 11) is 1.38. The SMILES string of the molecule is CC(C)n1c(C2CCCN(C(=O)c3cc(=O)n(C)c(=O)[nH]3)C2)nc2ccccc21. The number of aromatic nitrogens is 4. The van der Waals surface area contributed by atoms with Crippen molar-refractivity contribution in [3.63, 3.8) is 0 Å². The van der Waals surface area contributed by atoms with Gasteiger partial charge < -0.3 is 14.5 Å². The maximum atomic E-state index is 13.0. The lowest BCUT2D eigenvalue weighted by atomic mass is 9.96. The minimum absolute atomic E-state index is 0.0381. The molecule has 1 saturated heterocycles. The number of rotatable bonds is 3. The van der Waals surface area contributed by atoms with E-state index in [1.807, 2.05) is 18.2 Å². The number of hydrogen-bond acceptors (Lipinski definition) is 4. The number of piperidine rings is 1. The summed E-state index contributed by atoms with van der Waals surface area (Å²) in [5.41, 5.74) is 1.01. The van der Waals surface area contributed by atoms with E-state index in [-0.39, 0.29) is 23.6 Å². The lowest BCUT2D eigenvalue weighted by Crippen LogP contribution is -2.42. The van der Waals surface area contributed by atoms with Crippen molar-refractivity contribution in [1.82, 2.24) is 24.0 Å². The molecule has 8 nitrogen and oxygen atoms in total. The summed E-state index contributed by atoms with van der Waals surface area (Å²) in [6.45, 7) is 5.36. The van der Waals surface area contributed by atoms with Crippen molar-refractivity contribution < 1.29 is 4.79 Å². The van der Waals surface area contributed by atoms with Crippen LogP contribution in [0.15, 0.2) is 39.9 Å². The second-order valence-electron chi connectivity index (χ2n) is 7.90. The average Bonchev–Trinajstić information content (AvgIpc) is 3.11. The quantitative estimate of drug-likeness (QED) is 0.734. The first kappa shape index (κ1) is 19.2. The summed E-state index contributed by atoms with van der Waals surface area (Å²) < 4.78 is 3.19.